The van der Waals surface area contributed by atoms with E-state index in [1.165, 1.54) is 12.1 Å². The summed E-state index contributed by atoms with van der Waals surface area (Å²) in [6, 6.07) is 8.62. The molecule has 0 aliphatic carbocycles. The molecule has 2 aromatic rings. The summed E-state index contributed by atoms with van der Waals surface area (Å²) in [5.74, 6) is -0.302. The SMILES string of the molecule is O=C(C=C1CCCOc2cc(C(F)(F)F)ccc21)Nc1ccc2c(c1)NC(=O)C(N1CCCC1)C2. The second-order valence-corrected chi connectivity index (χ2v) is 9.14. The monoisotopic (exact) mass is 485 g/mol. The van der Waals surface area contributed by atoms with Crippen LogP contribution in [-0.2, 0) is 22.2 Å². The molecule has 6 nitrogen and oxygen atoms in total. The normalized spacial score (nSPS) is 21.5. The number of carbonyl (C=O) groups excluding carboxylic acids is 2. The highest BCUT2D eigenvalue weighted by atomic mass is 19.4. The lowest BCUT2D eigenvalue weighted by Crippen LogP contribution is -2.46. The van der Waals surface area contributed by atoms with Crippen LogP contribution in [0, 0.1) is 0 Å². The zero-order chi connectivity index (χ0) is 24.6. The quantitative estimate of drug-likeness (QED) is 0.610. The summed E-state index contributed by atoms with van der Waals surface area (Å²) in [7, 11) is 0. The van der Waals surface area contributed by atoms with Gasteiger partial charge in [-0.15, -0.1) is 0 Å². The first-order chi connectivity index (χ1) is 16.8. The van der Waals surface area contributed by atoms with Crippen LogP contribution in [-0.4, -0.2) is 42.5 Å². The van der Waals surface area contributed by atoms with E-state index in [0.717, 1.165) is 43.6 Å². The molecule has 2 amide bonds. The lowest BCUT2D eigenvalue weighted by molar-refractivity contribution is -0.137. The molecule has 1 saturated heterocycles. The molecule has 1 atom stereocenters. The molecule has 0 radical (unpaired) electrons. The fourth-order valence-electron chi connectivity index (χ4n) is 4.96. The van der Waals surface area contributed by atoms with Gasteiger partial charge in [0.2, 0.25) is 11.8 Å². The van der Waals surface area contributed by atoms with Crippen LogP contribution in [0.15, 0.2) is 42.5 Å². The molecule has 0 spiro atoms. The van der Waals surface area contributed by atoms with E-state index in [-0.39, 0.29) is 24.3 Å². The smallest absolute Gasteiger partial charge is 0.416 e. The van der Waals surface area contributed by atoms with Crippen molar-refractivity contribution in [3.05, 3.63) is 59.2 Å². The van der Waals surface area contributed by atoms with Crippen molar-refractivity contribution in [1.29, 1.82) is 0 Å². The molecular weight excluding hydrogens is 459 g/mol. The Bertz CT molecular complexity index is 1190. The number of hydrogen-bond donors (Lipinski definition) is 2. The van der Waals surface area contributed by atoms with Gasteiger partial charge in [0.1, 0.15) is 5.75 Å². The number of amides is 2. The van der Waals surface area contributed by atoms with E-state index < -0.39 is 17.6 Å². The number of carbonyl (C=O) groups is 2. The number of hydrogen-bond acceptors (Lipinski definition) is 4. The molecule has 3 heterocycles. The number of alkyl halides is 3. The third kappa shape index (κ3) is 5.05. The Hall–Kier alpha value is -3.33. The highest BCUT2D eigenvalue weighted by Gasteiger charge is 2.33. The third-order valence-electron chi connectivity index (χ3n) is 6.74. The summed E-state index contributed by atoms with van der Waals surface area (Å²) in [6.07, 6.45) is 0.872. The Kier molecular flexibility index (Phi) is 6.27. The molecule has 3 aliphatic heterocycles. The van der Waals surface area contributed by atoms with Crippen LogP contribution in [0.4, 0.5) is 24.5 Å². The van der Waals surface area contributed by atoms with Gasteiger partial charge >= 0.3 is 6.18 Å². The average molecular weight is 486 g/mol. The van der Waals surface area contributed by atoms with Gasteiger partial charge in [0.05, 0.1) is 18.2 Å². The Balaban J connectivity index is 1.32. The van der Waals surface area contributed by atoms with Gasteiger partial charge in [0.25, 0.3) is 0 Å². The van der Waals surface area contributed by atoms with Crippen molar-refractivity contribution >= 4 is 28.8 Å². The second-order valence-electron chi connectivity index (χ2n) is 9.14. The molecule has 2 N–H and O–H groups in total. The molecule has 184 valence electrons. The molecule has 5 rings (SSSR count). The molecule has 0 bridgehead atoms. The van der Waals surface area contributed by atoms with Gasteiger partial charge < -0.3 is 15.4 Å². The first-order valence-electron chi connectivity index (χ1n) is 11.8. The molecule has 9 heteroatoms. The van der Waals surface area contributed by atoms with E-state index in [1.54, 1.807) is 12.1 Å². The number of anilines is 2. The van der Waals surface area contributed by atoms with Crippen molar-refractivity contribution in [1.82, 2.24) is 4.90 Å². The van der Waals surface area contributed by atoms with Gasteiger partial charge in [-0.1, -0.05) is 12.1 Å². The fraction of sp³-hybridized carbons (Fsp3) is 0.385. The van der Waals surface area contributed by atoms with Crippen molar-refractivity contribution in [2.24, 2.45) is 0 Å². The van der Waals surface area contributed by atoms with Crippen molar-refractivity contribution < 1.29 is 27.5 Å². The Morgan fingerprint density at radius 1 is 1.11 bits per heavy atom. The Labute approximate surface area is 201 Å². The van der Waals surface area contributed by atoms with Crippen LogP contribution >= 0.6 is 0 Å². The zero-order valence-electron chi connectivity index (χ0n) is 19.1. The molecule has 1 unspecified atom stereocenters. The summed E-state index contributed by atoms with van der Waals surface area (Å²) >= 11 is 0. The molecular formula is C26H26F3N3O3. The number of nitrogens with one attached hydrogen (secondary N) is 2. The number of ether oxygens (including phenoxy) is 1. The Morgan fingerprint density at radius 3 is 2.69 bits per heavy atom. The van der Waals surface area contributed by atoms with Gasteiger partial charge in [-0.3, -0.25) is 14.5 Å². The van der Waals surface area contributed by atoms with Crippen LogP contribution in [0.1, 0.15) is 42.4 Å². The van der Waals surface area contributed by atoms with Crippen LogP contribution in [0.2, 0.25) is 0 Å². The van der Waals surface area contributed by atoms with E-state index in [1.807, 2.05) is 6.07 Å². The highest BCUT2D eigenvalue weighted by Crippen LogP contribution is 2.38. The molecule has 0 aromatic heterocycles. The van der Waals surface area contributed by atoms with Gasteiger partial charge in [-0.05, 0) is 80.6 Å². The lowest BCUT2D eigenvalue weighted by atomic mass is 9.97. The minimum atomic E-state index is -4.47. The van der Waals surface area contributed by atoms with Crippen LogP contribution in [0.5, 0.6) is 5.75 Å². The highest BCUT2D eigenvalue weighted by molar-refractivity contribution is 6.05. The number of rotatable bonds is 3. The van der Waals surface area contributed by atoms with Crippen molar-refractivity contribution in [2.45, 2.75) is 44.3 Å². The number of nitrogens with zero attached hydrogens (tertiary/aromatic N) is 1. The largest absolute Gasteiger partial charge is 0.493 e. The Morgan fingerprint density at radius 2 is 1.91 bits per heavy atom. The van der Waals surface area contributed by atoms with E-state index in [2.05, 4.69) is 15.5 Å². The fourth-order valence-corrected chi connectivity index (χ4v) is 4.96. The summed E-state index contributed by atoms with van der Waals surface area (Å²) < 4.78 is 44.8. The number of allylic oxidation sites excluding steroid dienone is 1. The number of fused-ring (bicyclic) bond motifs is 2. The van der Waals surface area contributed by atoms with Gasteiger partial charge in [0, 0.05) is 23.0 Å². The number of likely N-dealkylation sites (tertiary alicyclic amines) is 1. The third-order valence-corrected chi connectivity index (χ3v) is 6.74. The topological polar surface area (TPSA) is 70.7 Å². The minimum absolute atomic E-state index is 0.0294. The summed E-state index contributed by atoms with van der Waals surface area (Å²) in [6.45, 7) is 2.14. The van der Waals surface area contributed by atoms with Crippen molar-refractivity contribution in [2.75, 3.05) is 30.3 Å². The van der Waals surface area contributed by atoms with Gasteiger partial charge in [0.15, 0.2) is 0 Å². The number of benzene rings is 2. The lowest BCUT2D eigenvalue weighted by Gasteiger charge is -2.31. The van der Waals surface area contributed by atoms with Crippen molar-refractivity contribution in [3.8, 4) is 5.75 Å². The molecule has 35 heavy (non-hydrogen) atoms. The van der Waals surface area contributed by atoms with E-state index >= 15 is 0 Å². The maximum atomic E-state index is 13.1. The molecule has 2 aromatic carbocycles. The summed E-state index contributed by atoms with van der Waals surface area (Å²) in [5, 5.41) is 5.77. The molecule has 3 aliphatic rings. The predicted molar refractivity (Wildman–Crippen MR) is 126 cm³/mol. The van der Waals surface area contributed by atoms with Gasteiger partial charge in [-0.25, -0.2) is 0 Å². The van der Waals surface area contributed by atoms with Crippen LogP contribution < -0.4 is 15.4 Å². The van der Waals surface area contributed by atoms with E-state index in [0.29, 0.717) is 41.8 Å². The van der Waals surface area contributed by atoms with Crippen LogP contribution in [0.25, 0.3) is 5.57 Å². The second kappa shape index (κ2) is 9.37. The maximum Gasteiger partial charge on any atom is 0.416 e. The van der Waals surface area contributed by atoms with Crippen molar-refractivity contribution in [3.63, 3.8) is 0 Å². The first kappa shape index (κ1) is 23.4. The molecule has 0 saturated carbocycles. The maximum absolute atomic E-state index is 13.1. The molecule has 1 fully saturated rings. The average Bonchev–Trinajstić information content (AvgIpc) is 3.27. The standard InChI is InChI=1S/C26H26F3N3O3/c27-26(28,29)18-6-8-20-16(4-3-11-35-23(20)14-18)13-24(33)30-19-7-5-17-12-22(32-9-1-2-10-32)25(34)31-21(17)15-19/h5-8,13-15,22H,1-4,9-12H2,(H,30,33)(H,31,34). The van der Waals surface area contributed by atoms with E-state index in [4.69, 9.17) is 4.74 Å². The van der Waals surface area contributed by atoms with Gasteiger partial charge in [-0.2, -0.15) is 13.2 Å². The zero-order valence-corrected chi connectivity index (χ0v) is 19.1. The van der Waals surface area contributed by atoms with E-state index in [9.17, 15) is 22.8 Å². The predicted octanol–water partition coefficient (Wildman–Crippen LogP) is 4.86. The minimum Gasteiger partial charge on any atom is -0.493 e. The first-order valence-corrected chi connectivity index (χ1v) is 11.8. The summed E-state index contributed by atoms with van der Waals surface area (Å²) in [4.78, 5) is 27.6. The van der Waals surface area contributed by atoms with Crippen LogP contribution in [0.3, 0.4) is 0 Å². The summed E-state index contributed by atoms with van der Waals surface area (Å²) in [5.41, 5.74) is 2.55. The number of halogens is 3.